The van der Waals surface area contributed by atoms with Crippen LogP contribution in [0, 0.1) is 23.5 Å². The van der Waals surface area contributed by atoms with E-state index in [2.05, 4.69) is 25.2 Å². The third-order valence-electron chi connectivity index (χ3n) is 3.75. The Balaban J connectivity index is 2.08. The van der Waals surface area contributed by atoms with E-state index < -0.39 is 23.2 Å². The van der Waals surface area contributed by atoms with Gasteiger partial charge in [0.15, 0.2) is 0 Å². The second kappa shape index (κ2) is 6.24. The van der Waals surface area contributed by atoms with Crippen LogP contribution in [0.2, 0.25) is 0 Å². The Morgan fingerprint density at radius 2 is 2.10 bits per heavy atom. The summed E-state index contributed by atoms with van der Waals surface area (Å²) in [6.45, 7) is 4.75. The normalized spacial score (nSPS) is 21.8. The van der Waals surface area contributed by atoms with E-state index in [1.54, 1.807) is 0 Å². The molecule has 1 aromatic rings. The lowest BCUT2D eigenvalue weighted by molar-refractivity contribution is 0.0692. The minimum absolute atomic E-state index is 0.0358. The van der Waals surface area contributed by atoms with Crippen LogP contribution in [0.5, 0.6) is 0 Å². The fourth-order valence-corrected chi connectivity index (χ4v) is 2.94. The molecule has 0 bridgehead atoms. The Morgan fingerprint density at radius 1 is 1.38 bits per heavy atom. The largest absolute Gasteiger partial charge is 0.478 e. The zero-order valence-corrected chi connectivity index (χ0v) is 12.1. The molecule has 3 nitrogen and oxygen atoms in total. The molecule has 0 radical (unpaired) electrons. The standard InChI is InChI=1S/C16H19F2NO2/c1-9-3-10(2)5-11(4-9)8-19-15-6-12(16(20)21)13(17)7-14(15)18/h3,6-7,9,11,19H,4-5,8H2,1-2H3,(H,20,21). The molecule has 21 heavy (non-hydrogen) atoms. The van der Waals surface area contributed by atoms with Crippen molar-refractivity contribution in [2.45, 2.75) is 26.7 Å². The average Bonchev–Trinajstić information content (AvgIpc) is 2.36. The van der Waals surface area contributed by atoms with E-state index in [1.807, 2.05) is 0 Å². The molecular weight excluding hydrogens is 276 g/mol. The van der Waals surface area contributed by atoms with E-state index in [9.17, 15) is 13.6 Å². The second-order valence-corrected chi connectivity index (χ2v) is 5.79. The molecule has 0 aliphatic heterocycles. The summed E-state index contributed by atoms with van der Waals surface area (Å²) in [6.07, 6.45) is 4.17. The summed E-state index contributed by atoms with van der Waals surface area (Å²) < 4.78 is 27.0. The lowest BCUT2D eigenvalue weighted by Crippen LogP contribution is -2.21. The highest BCUT2D eigenvalue weighted by Gasteiger charge is 2.19. The van der Waals surface area contributed by atoms with Gasteiger partial charge in [-0.15, -0.1) is 0 Å². The minimum Gasteiger partial charge on any atom is -0.478 e. The van der Waals surface area contributed by atoms with Gasteiger partial charge in [-0.2, -0.15) is 0 Å². The van der Waals surface area contributed by atoms with Crippen molar-refractivity contribution >= 4 is 11.7 Å². The third-order valence-corrected chi connectivity index (χ3v) is 3.75. The van der Waals surface area contributed by atoms with Gasteiger partial charge in [-0.25, -0.2) is 13.6 Å². The highest BCUT2D eigenvalue weighted by atomic mass is 19.1. The first-order valence-corrected chi connectivity index (χ1v) is 7.00. The number of carboxylic acids is 1. The van der Waals surface area contributed by atoms with E-state index in [0.717, 1.165) is 18.9 Å². The molecule has 0 saturated heterocycles. The quantitative estimate of drug-likeness (QED) is 0.823. The number of hydrogen-bond acceptors (Lipinski definition) is 2. The van der Waals surface area contributed by atoms with Gasteiger partial charge in [0.25, 0.3) is 0 Å². The number of carbonyl (C=O) groups is 1. The van der Waals surface area contributed by atoms with Crippen LogP contribution in [-0.2, 0) is 0 Å². The molecule has 2 atom stereocenters. The smallest absolute Gasteiger partial charge is 0.338 e. The average molecular weight is 295 g/mol. The molecule has 0 fully saturated rings. The summed E-state index contributed by atoms with van der Waals surface area (Å²) in [7, 11) is 0. The SMILES string of the molecule is CC1=CC(C)CC(CNc2cc(C(=O)O)c(F)cc2F)C1. The van der Waals surface area contributed by atoms with Gasteiger partial charge in [0.2, 0.25) is 0 Å². The van der Waals surface area contributed by atoms with Crippen LogP contribution in [0.1, 0.15) is 37.0 Å². The van der Waals surface area contributed by atoms with Gasteiger partial charge in [-0.3, -0.25) is 0 Å². The van der Waals surface area contributed by atoms with Crippen LogP contribution < -0.4 is 5.32 Å². The van der Waals surface area contributed by atoms with E-state index in [-0.39, 0.29) is 5.69 Å². The van der Waals surface area contributed by atoms with E-state index in [4.69, 9.17) is 5.11 Å². The Bertz CT molecular complexity index is 584. The molecule has 2 rings (SSSR count). The first kappa shape index (κ1) is 15.5. The number of halogens is 2. The third kappa shape index (κ3) is 3.80. The van der Waals surface area contributed by atoms with Crippen molar-refractivity contribution in [1.82, 2.24) is 0 Å². The number of anilines is 1. The van der Waals surface area contributed by atoms with Gasteiger partial charge in [0.1, 0.15) is 11.6 Å². The lowest BCUT2D eigenvalue weighted by Gasteiger charge is -2.26. The molecule has 1 aliphatic carbocycles. The molecule has 1 aromatic carbocycles. The first-order chi connectivity index (χ1) is 9.86. The van der Waals surface area contributed by atoms with Crippen LogP contribution in [-0.4, -0.2) is 17.6 Å². The molecule has 0 amide bonds. The zero-order valence-electron chi connectivity index (χ0n) is 12.1. The Labute approximate surface area is 122 Å². The number of benzene rings is 1. The minimum atomic E-state index is -1.40. The number of carboxylic acid groups (broad SMARTS) is 1. The van der Waals surface area contributed by atoms with Crippen LogP contribution in [0.15, 0.2) is 23.8 Å². The van der Waals surface area contributed by atoms with Gasteiger partial charge >= 0.3 is 5.97 Å². The topological polar surface area (TPSA) is 49.3 Å². The summed E-state index contributed by atoms with van der Waals surface area (Å²) >= 11 is 0. The number of hydrogen-bond donors (Lipinski definition) is 2. The van der Waals surface area contributed by atoms with Gasteiger partial charge in [-0.05, 0) is 37.7 Å². The Kier molecular flexibility index (Phi) is 4.60. The maximum absolute atomic E-state index is 13.7. The Morgan fingerprint density at radius 3 is 2.71 bits per heavy atom. The van der Waals surface area contributed by atoms with Gasteiger partial charge in [0.05, 0.1) is 11.3 Å². The molecule has 2 unspecified atom stereocenters. The van der Waals surface area contributed by atoms with Crippen LogP contribution in [0.3, 0.4) is 0 Å². The highest BCUT2D eigenvalue weighted by molar-refractivity contribution is 5.89. The fourth-order valence-electron chi connectivity index (χ4n) is 2.94. The fraction of sp³-hybridized carbons (Fsp3) is 0.438. The maximum Gasteiger partial charge on any atom is 0.338 e. The lowest BCUT2D eigenvalue weighted by atomic mass is 9.83. The van der Waals surface area contributed by atoms with Crippen molar-refractivity contribution in [3.63, 3.8) is 0 Å². The first-order valence-electron chi connectivity index (χ1n) is 7.00. The van der Waals surface area contributed by atoms with Gasteiger partial charge in [-0.1, -0.05) is 18.6 Å². The number of rotatable bonds is 4. The summed E-state index contributed by atoms with van der Waals surface area (Å²) in [5.74, 6) is -2.38. The number of allylic oxidation sites excluding steroid dienone is 2. The van der Waals surface area contributed by atoms with Crippen molar-refractivity contribution in [1.29, 1.82) is 0 Å². The van der Waals surface area contributed by atoms with Crippen molar-refractivity contribution in [3.8, 4) is 0 Å². The molecule has 0 spiro atoms. The highest BCUT2D eigenvalue weighted by Crippen LogP contribution is 2.28. The summed E-state index contributed by atoms with van der Waals surface area (Å²) in [5, 5.41) is 11.8. The molecule has 0 saturated carbocycles. The molecule has 114 valence electrons. The predicted octanol–water partition coefficient (Wildman–Crippen LogP) is 4.07. The Hall–Kier alpha value is -1.91. The van der Waals surface area contributed by atoms with Crippen molar-refractivity contribution in [2.75, 3.05) is 11.9 Å². The maximum atomic E-state index is 13.7. The molecule has 0 aromatic heterocycles. The van der Waals surface area contributed by atoms with Crippen molar-refractivity contribution in [3.05, 3.63) is 41.0 Å². The van der Waals surface area contributed by atoms with Gasteiger partial charge in [0, 0.05) is 12.6 Å². The van der Waals surface area contributed by atoms with Crippen molar-refractivity contribution < 1.29 is 18.7 Å². The molecule has 2 N–H and O–H groups in total. The van der Waals surface area contributed by atoms with Crippen LogP contribution in [0.25, 0.3) is 0 Å². The van der Waals surface area contributed by atoms with Crippen molar-refractivity contribution in [2.24, 2.45) is 11.8 Å². The zero-order chi connectivity index (χ0) is 15.6. The van der Waals surface area contributed by atoms with Gasteiger partial charge < -0.3 is 10.4 Å². The molecule has 0 heterocycles. The predicted molar refractivity (Wildman–Crippen MR) is 77.5 cm³/mol. The number of nitrogens with one attached hydrogen (secondary N) is 1. The monoisotopic (exact) mass is 295 g/mol. The summed E-state index contributed by atoms with van der Waals surface area (Å²) in [4.78, 5) is 10.9. The van der Waals surface area contributed by atoms with E-state index >= 15 is 0 Å². The number of aromatic carboxylic acids is 1. The van der Waals surface area contributed by atoms with E-state index in [0.29, 0.717) is 24.4 Å². The van der Waals surface area contributed by atoms with Crippen LogP contribution >= 0.6 is 0 Å². The molecule has 1 aliphatic rings. The summed E-state index contributed by atoms with van der Waals surface area (Å²) in [6, 6.07) is 1.63. The van der Waals surface area contributed by atoms with E-state index in [1.165, 1.54) is 5.57 Å². The molecule has 5 heteroatoms. The summed E-state index contributed by atoms with van der Waals surface area (Å²) in [5.41, 5.74) is 0.826. The van der Waals surface area contributed by atoms with Crippen LogP contribution in [0.4, 0.5) is 14.5 Å². The second-order valence-electron chi connectivity index (χ2n) is 5.79. The molecular formula is C16H19F2NO2.